The number of benzene rings is 2. The van der Waals surface area contributed by atoms with Crippen LogP contribution in [0.3, 0.4) is 0 Å². The molecule has 0 aromatic heterocycles. The minimum Gasteiger partial charge on any atom is -0.459 e. The maximum absolute atomic E-state index is 14.3. The molecule has 2 aromatic carbocycles. The molecule has 0 fully saturated rings. The lowest BCUT2D eigenvalue weighted by Crippen LogP contribution is -2.64. The Kier molecular flexibility index (Phi) is 35.8. The maximum atomic E-state index is 14.3. The summed E-state index contributed by atoms with van der Waals surface area (Å²) in [6.07, 6.45) is -4.46. The van der Waals surface area contributed by atoms with Crippen LogP contribution in [-0.4, -0.2) is 167 Å². The number of halogens is 6. The van der Waals surface area contributed by atoms with Gasteiger partial charge in [0, 0.05) is 39.0 Å². The Balaban J connectivity index is 2.38. The fraction of sp³-hybridized carbons (Fsp3) is 0.571. The van der Waals surface area contributed by atoms with Gasteiger partial charge >= 0.3 is 36.3 Å². The quantitative estimate of drug-likeness (QED) is 0.0188. The van der Waals surface area contributed by atoms with Gasteiger partial charge in [0.05, 0.1) is 0 Å². The lowest BCUT2D eigenvalue weighted by molar-refractivity contribution is -0.155. The van der Waals surface area contributed by atoms with Gasteiger partial charge in [-0.1, -0.05) is 130 Å². The topological polar surface area (TPSA) is 381 Å². The van der Waals surface area contributed by atoms with E-state index in [-0.39, 0.29) is 64.8 Å². The first kappa shape index (κ1) is 79.1. The van der Waals surface area contributed by atoms with E-state index in [1.807, 2.05) is 0 Å². The van der Waals surface area contributed by atoms with E-state index in [0.717, 1.165) is 0 Å². The van der Waals surface area contributed by atoms with Crippen LogP contribution in [0, 0.1) is 0 Å². The van der Waals surface area contributed by atoms with E-state index in [0.29, 0.717) is 11.1 Å². The van der Waals surface area contributed by atoms with E-state index < -0.39 is 167 Å². The van der Waals surface area contributed by atoms with E-state index in [2.05, 4.69) is 53.2 Å². The van der Waals surface area contributed by atoms with Crippen molar-refractivity contribution < 1.29 is 86.0 Å². The number of hydrogen-bond donors (Lipinski definition) is 10. The monoisotopic (exact) mass is 1390 g/mol. The van der Waals surface area contributed by atoms with Gasteiger partial charge in [-0.25, -0.2) is 19.2 Å². The van der Waals surface area contributed by atoms with Gasteiger partial charge < -0.3 is 81.6 Å². The fourth-order valence-corrected chi connectivity index (χ4v) is 7.65. The molecule has 0 saturated heterocycles. The predicted octanol–water partition coefficient (Wildman–Crippen LogP) is 5.01. The normalized spacial score (nSPS) is 12.7. The van der Waals surface area contributed by atoms with Crippen molar-refractivity contribution >= 4 is 141 Å². The van der Waals surface area contributed by atoms with Crippen LogP contribution in [-0.2, 0) is 80.0 Å². The van der Waals surface area contributed by atoms with E-state index >= 15 is 0 Å². The molecule has 0 unspecified atom stereocenters. The maximum Gasteiger partial charge on any atom is 0.408 e. The molecule has 2 aromatic rings. The van der Waals surface area contributed by atoms with Crippen LogP contribution in [0.2, 0.25) is 0 Å². The summed E-state index contributed by atoms with van der Waals surface area (Å²) in [4.78, 5) is 158. The highest BCUT2D eigenvalue weighted by molar-refractivity contribution is 6.68. The van der Waals surface area contributed by atoms with Crippen LogP contribution in [0.25, 0.3) is 0 Å². The van der Waals surface area contributed by atoms with Crippen molar-refractivity contribution in [2.24, 2.45) is 0 Å². The van der Waals surface area contributed by atoms with Crippen LogP contribution in [0.15, 0.2) is 60.7 Å². The summed E-state index contributed by atoms with van der Waals surface area (Å²) in [5, 5.41) is 24.3. The zero-order valence-electron chi connectivity index (χ0n) is 50.4. The summed E-state index contributed by atoms with van der Waals surface area (Å²) < 4.78 is 27.2. The van der Waals surface area contributed by atoms with Gasteiger partial charge in [0.15, 0.2) is 0 Å². The first-order valence-electron chi connectivity index (χ1n) is 28.1. The molecule has 2 rings (SSSR count). The highest BCUT2D eigenvalue weighted by Crippen LogP contribution is 2.26. The van der Waals surface area contributed by atoms with Crippen LogP contribution < -0.4 is 53.2 Å². The fourth-order valence-electron chi connectivity index (χ4n) is 7.32. The molecule has 0 saturated carbocycles. The van der Waals surface area contributed by atoms with E-state index in [9.17, 15) is 57.5 Å². The van der Waals surface area contributed by atoms with E-state index in [4.69, 9.17) is 98.0 Å². The Morgan fingerprint density at radius 2 is 0.744 bits per heavy atom. The number of hydrogen-bond acceptors (Lipinski definition) is 18. The lowest BCUT2D eigenvalue weighted by atomic mass is 10.1. The number of esters is 2. The highest BCUT2D eigenvalue weighted by Gasteiger charge is 2.38. The molecule has 0 bridgehead atoms. The lowest BCUT2D eigenvalue weighted by Gasteiger charge is -2.27. The number of rotatable bonds is 35. The van der Waals surface area contributed by atoms with Crippen molar-refractivity contribution in [3.8, 4) is 0 Å². The van der Waals surface area contributed by atoms with Crippen molar-refractivity contribution in [2.75, 3.05) is 52.5 Å². The summed E-state index contributed by atoms with van der Waals surface area (Å²) in [5.74, 6) is -7.05. The molecule has 10 amide bonds. The Hall–Kier alpha value is -6.98. The van der Waals surface area contributed by atoms with E-state index in [1.54, 1.807) is 102 Å². The van der Waals surface area contributed by atoms with Crippen LogP contribution >= 0.6 is 69.6 Å². The summed E-state index contributed by atoms with van der Waals surface area (Å²) in [6.45, 7) is 5.98. The minimum atomic E-state index is -2.06. The molecular weight excluding hydrogens is 1310 g/mol. The summed E-state index contributed by atoms with van der Waals surface area (Å²) in [6, 6.07) is 10.0. The third-order valence-corrected chi connectivity index (χ3v) is 11.9. The molecule has 0 aliphatic carbocycles. The van der Waals surface area contributed by atoms with Crippen LogP contribution in [0.4, 0.5) is 19.2 Å². The first-order valence-corrected chi connectivity index (χ1v) is 30.4. The summed E-state index contributed by atoms with van der Waals surface area (Å²) in [7, 11) is 0. The number of alkyl halides is 6. The van der Waals surface area contributed by atoms with Crippen LogP contribution in [0.5, 0.6) is 0 Å². The SMILES string of the molecule is CC(C)(C)OC(=O)CNC(=O)[C@H](CCCCNC(=O)OCC(Cl)(Cl)Cl)NC(=O)CCNC(=O)[C@@H](NC(=O)OCc1ccccc1)[C@H](NC(=O)OCc1ccccc1)C(=O)NCCC(=O)N[C@@H](CCCCNC(=O)OCC(Cl)(Cl)Cl)C(=O)NCC(=O)OC(C)(C)C. The second-order valence-electron chi connectivity index (χ2n) is 21.5. The number of carbonyl (C=O) groups excluding carboxylic acids is 12. The molecule has 10 N–H and O–H groups in total. The molecule has 0 aliphatic rings. The largest absolute Gasteiger partial charge is 0.459 e. The Labute approximate surface area is 550 Å². The third kappa shape index (κ3) is 39.2. The zero-order valence-corrected chi connectivity index (χ0v) is 55.0. The molecular formula is C56H78Cl6N10O18. The second-order valence-corrected chi connectivity index (χ2v) is 26.6. The van der Waals surface area contributed by atoms with Crippen molar-refractivity contribution in [2.45, 2.75) is 149 Å². The molecule has 34 heteroatoms. The first-order chi connectivity index (χ1) is 42.1. The van der Waals surface area contributed by atoms with Crippen molar-refractivity contribution in [1.82, 2.24) is 53.2 Å². The number of amides is 10. The Morgan fingerprint density at radius 1 is 0.400 bits per heavy atom. The minimum absolute atomic E-state index is 0.0293. The second kappa shape index (κ2) is 40.7. The number of ether oxygens (including phenoxy) is 6. The average Bonchev–Trinajstić information content (AvgIpc) is 1.26. The molecule has 0 radical (unpaired) electrons. The van der Waals surface area contributed by atoms with Crippen molar-refractivity contribution in [3.05, 3.63) is 71.8 Å². The smallest absolute Gasteiger partial charge is 0.408 e. The predicted molar refractivity (Wildman–Crippen MR) is 331 cm³/mol. The van der Waals surface area contributed by atoms with Crippen molar-refractivity contribution in [1.29, 1.82) is 0 Å². The zero-order chi connectivity index (χ0) is 67.5. The molecule has 4 atom stereocenters. The van der Waals surface area contributed by atoms with Crippen LogP contribution in [0.1, 0.15) is 104 Å². The molecule has 0 spiro atoms. The van der Waals surface area contributed by atoms with Gasteiger partial charge in [-0.2, -0.15) is 0 Å². The number of nitrogens with one attached hydrogen (secondary N) is 10. The standard InChI is InChI=1S/C56H78Cl6N10O18/c1-53(2,3)89-41(75)29-67-45(77)37(21-13-15-25-65-49(81)87-33-55(57,58)59)69-39(73)23-27-63-47(79)43(71-51(83)85-31-35-17-9-7-10-18-35)44(72-52(84)86-32-36-19-11-8-12-20-36)48(80)64-28-24-40(74)70-38(46(78)68-30-42(76)90-54(4,5)6)22-14-16-26-66-50(82)88-34-56(60,61)62/h7-12,17-20,37-38,43-44H,13-16,21-34H2,1-6H3,(H,63,79)(H,64,80)(H,65,81)(H,66,82)(H,67,77)(H,68,78)(H,69,73)(H,70,74)(H,71,83)(H,72,84)/t37-,38-,43-,44-/m0/s1. The highest BCUT2D eigenvalue weighted by atomic mass is 35.6. The molecule has 90 heavy (non-hydrogen) atoms. The summed E-state index contributed by atoms with van der Waals surface area (Å²) in [5.41, 5.74) is -0.707. The van der Waals surface area contributed by atoms with Crippen molar-refractivity contribution in [3.63, 3.8) is 0 Å². The molecule has 0 aliphatic heterocycles. The molecule has 502 valence electrons. The van der Waals surface area contributed by atoms with Gasteiger partial charge in [-0.15, -0.1) is 0 Å². The number of unbranched alkanes of at least 4 members (excludes halogenated alkanes) is 2. The van der Waals surface area contributed by atoms with Gasteiger partial charge in [-0.05, 0) is 91.2 Å². The molecule has 0 heterocycles. The van der Waals surface area contributed by atoms with Gasteiger partial charge in [0.25, 0.3) is 0 Å². The number of alkyl carbamates (subject to hydrolysis) is 4. The molecule has 28 nitrogen and oxygen atoms in total. The summed E-state index contributed by atoms with van der Waals surface area (Å²) >= 11 is 33.7. The average molecular weight is 1390 g/mol. The van der Waals surface area contributed by atoms with Gasteiger partial charge in [-0.3, -0.25) is 38.4 Å². The Bertz CT molecular complexity index is 2500. The third-order valence-electron chi connectivity index (χ3n) is 11.2. The van der Waals surface area contributed by atoms with Gasteiger partial charge in [0.1, 0.15) is 74.9 Å². The Morgan fingerprint density at radius 3 is 1.07 bits per heavy atom. The van der Waals surface area contributed by atoms with E-state index in [1.165, 1.54) is 0 Å². The van der Waals surface area contributed by atoms with Gasteiger partial charge in [0.2, 0.25) is 43.0 Å². The number of carbonyl (C=O) groups is 12.